The van der Waals surface area contributed by atoms with Gasteiger partial charge >= 0.3 is 0 Å². The van der Waals surface area contributed by atoms with Gasteiger partial charge in [0.05, 0.1) is 5.84 Å². The molecule has 0 radical (unpaired) electrons. The molecule has 0 aliphatic rings. The summed E-state index contributed by atoms with van der Waals surface area (Å²) in [6.07, 6.45) is 4.49. The lowest BCUT2D eigenvalue weighted by Gasteiger charge is -2.10. The number of rotatable bonds is 5. The summed E-state index contributed by atoms with van der Waals surface area (Å²) in [5, 5.41) is 7.21. The van der Waals surface area contributed by atoms with Crippen molar-refractivity contribution in [3.8, 4) is 0 Å². The van der Waals surface area contributed by atoms with Crippen molar-refractivity contribution in [1.82, 2.24) is 0 Å². The Morgan fingerprint density at radius 3 is 2.40 bits per heavy atom. The van der Waals surface area contributed by atoms with E-state index in [0.29, 0.717) is 11.8 Å². The van der Waals surface area contributed by atoms with E-state index in [1.54, 1.807) is 0 Å². The van der Waals surface area contributed by atoms with Gasteiger partial charge in [-0.1, -0.05) is 26.7 Å². The molecule has 0 aromatic carbocycles. The Bertz CT molecular complexity index is 99.4. The zero-order chi connectivity index (χ0) is 7.98. The first-order valence-electron chi connectivity index (χ1n) is 4.06. The lowest BCUT2D eigenvalue weighted by Crippen LogP contribution is -2.21. The van der Waals surface area contributed by atoms with Crippen molar-refractivity contribution in [3.05, 3.63) is 0 Å². The highest BCUT2D eigenvalue weighted by Crippen LogP contribution is 2.11. The first-order chi connectivity index (χ1) is 4.72. The van der Waals surface area contributed by atoms with Crippen LogP contribution >= 0.6 is 0 Å². The van der Waals surface area contributed by atoms with E-state index in [1.807, 2.05) is 0 Å². The molecule has 2 nitrogen and oxygen atoms in total. The smallest absolute Gasteiger partial charge is 0.0936 e. The van der Waals surface area contributed by atoms with Gasteiger partial charge in [0.2, 0.25) is 0 Å². The van der Waals surface area contributed by atoms with Crippen molar-refractivity contribution in [2.75, 3.05) is 0 Å². The lowest BCUT2D eigenvalue weighted by atomic mass is 9.99. The topological polar surface area (TPSA) is 49.9 Å². The first-order valence-corrected chi connectivity index (χ1v) is 4.06. The molecule has 0 spiro atoms. The number of hydrogen-bond acceptors (Lipinski definition) is 1. The van der Waals surface area contributed by atoms with Crippen molar-refractivity contribution in [1.29, 1.82) is 5.41 Å². The molecule has 0 aromatic rings. The summed E-state index contributed by atoms with van der Waals surface area (Å²) < 4.78 is 0. The molecule has 2 heteroatoms. The van der Waals surface area contributed by atoms with Crippen LogP contribution < -0.4 is 5.73 Å². The zero-order valence-electron chi connectivity index (χ0n) is 6.98. The van der Waals surface area contributed by atoms with Crippen molar-refractivity contribution in [3.63, 3.8) is 0 Å². The van der Waals surface area contributed by atoms with Crippen LogP contribution in [-0.2, 0) is 0 Å². The minimum Gasteiger partial charge on any atom is -0.387 e. The fourth-order valence-corrected chi connectivity index (χ4v) is 1.03. The molecule has 1 unspecified atom stereocenters. The van der Waals surface area contributed by atoms with Gasteiger partial charge in [-0.3, -0.25) is 5.41 Å². The van der Waals surface area contributed by atoms with Crippen LogP contribution in [0.3, 0.4) is 0 Å². The predicted octanol–water partition coefficient (Wildman–Crippen LogP) is 2.14. The third-order valence-corrected chi connectivity index (χ3v) is 1.84. The molecule has 0 amide bonds. The van der Waals surface area contributed by atoms with E-state index >= 15 is 0 Å². The molecule has 0 aliphatic heterocycles. The summed E-state index contributed by atoms with van der Waals surface area (Å²) in [5.74, 6) is 0.691. The molecular weight excluding hydrogens is 124 g/mol. The monoisotopic (exact) mass is 142 g/mol. The Labute approximate surface area is 63.3 Å². The van der Waals surface area contributed by atoms with Crippen molar-refractivity contribution >= 4 is 5.84 Å². The molecule has 0 saturated heterocycles. The molecule has 60 valence electrons. The molecule has 0 rings (SSSR count). The molecule has 10 heavy (non-hydrogen) atoms. The largest absolute Gasteiger partial charge is 0.387 e. The molecule has 0 aromatic heterocycles. The van der Waals surface area contributed by atoms with Crippen LogP contribution in [0.2, 0.25) is 0 Å². The summed E-state index contributed by atoms with van der Waals surface area (Å²) in [7, 11) is 0. The van der Waals surface area contributed by atoms with Gasteiger partial charge in [-0.15, -0.1) is 0 Å². The average Bonchev–Trinajstić information content (AvgIpc) is 1.89. The van der Waals surface area contributed by atoms with Gasteiger partial charge in [-0.25, -0.2) is 0 Å². The van der Waals surface area contributed by atoms with Crippen LogP contribution in [0.5, 0.6) is 0 Å². The van der Waals surface area contributed by atoms with Crippen LogP contribution in [0.25, 0.3) is 0 Å². The molecule has 0 fully saturated rings. The lowest BCUT2D eigenvalue weighted by molar-refractivity contribution is 0.562. The maximum absolute atomic E-state index is 7.21. The van der Waals surface area contributed by atoms with Crippen LogP contribution in [0.15, 0.2) is 0 Å². The third-order valence-electron chi connectivity index (χ3n) is 1.84. The molecule has 0 aliphatic carbocycles. The van der Waals surface area contributed by atoms with Gasteiger partial charge in [0, 0.05) is 5.92 Å². The van der Waals surface area contributed by atoms with E-state index in [9.17, 15) is 0 Å². The van der Waals surface area contributed by atoms with Crippen LogP contribution in [-0.4, -0.2) is 5.84 Å². The second-order valence-electron chi connectivity index (χ2n) is 2.70. The number of nitrogens with two attached hydrogens (primary N) is 1. The highest BCUT2D eigenvalue weighted by Gasteiger charge is 2.07. The van der Waals surface area contributed by atoms with Gasteiger partial charge < -0.3 is 5.73 Å². The number of hydrogen-bond donors (Lipinski definition) is 2. The highest BCUT2D eigenvalue weighted by atomic mass is 14.7. The Kier molecular flexibility index (Phi) is 4.99. The average molecular weight is 142 g/mol. The molecule has 0 bridgehead atoms. The summed E-state index contributed by atoms with van der Waals surface area (Å²) in [6.45, 7) is 4.24. The normalized spacial score (nSPS) is 13.0. The maximum Gasteiger partial charge on any atom is 0.0936 e. The fraction of sp³-hybridized carbons (Fsp3) is 0.875. The van der Waals surface area contributed by atoms with Crippen LogP contribution in [0.1, 0.15) is 39.5 Å². The SMILES string of the molecule is CCCCC(CC)C(=N)N. The Morgan fingerprint density at radius 1 is 1.50 bits per heavy atom. The third kappa shape index (κ3) is 3.49. The van der Waals surface area contributed by atoms with Gasteiger partial charge in [0.1, 0.15) is 0 Å². The summed E-state index contributed by atoms with van der Waals surface area (Å²) in [4.78, 5) is 0. The molecular formula is C8H18N2. The van der Waals surface area contributed by atoms with Gasteiger partial charge in [0.25, 0.3) is 0 Å². The van der Waals surface area contributed by atoms with Gasteiger partial charge in [0.15, 0.2) is 0 Å². The summed E-state index contributed by atoms with van der Waals surface area (Å²) >= 11 is 0. The standard InChI is InChI=1S/C8H18N2/c1-3-5-6-7(4-2)8(9)10/h7H,3-6H2,1-2H3,(H3,9,10). The molecule has 0 heterocycles. The molecule has 3 N–H and O–H groups in total. The Morgan fingerprint density at radius 2 is 2.10 bits per heavy atom. The minimum absolute atomic E-state index is 0.333. The summed E-state index contributed by atoms with van der Waals surface area (Å²) in [5.41, 5.74) is 5.37. The summed E-state index contributed by atoms with van der Waals surface area (Å²) in [6, 6.07) is 0. The highest BCUT2D eigenvalue weighted by molar-refractivity contribution is 5.79. The minimum atomic E-state index is 0.333. The second kappa shape index (κ2) is 5.27. The molecule has 0 saturated carbocycles. The molecule has 1 atom stereocenters. The van der Waals surface area contributed by atoms with Crippen molar-refractivity contribution in [2.24, 2.45) is 11.7 Å². The van der Waals surface area contributed by atoms with Crippen molar-refractivity contribution in [2.45, 2.75) is 39.5 Å². The maximum atomic E-state index is 7.21. The van der Waals surface area contributed by atoms with E-state index in [0.717, 1.165) is 12.8 Å². The number of nitrogens with one attached hydrogen (secondary N) is 1. The first kappa shape index (κ1) is 9.47. The predicted molar refractivity (Wildman–Crippen MR) is 45.2 cm³/mol. The van der Waals surface area contributed by atoms with Gasteiger partial charge in [-0.05, 0) is 12.8 Å². The quantitative estimate of drug-likeness (QED) is 0.448. The van der Waals surface area contributed by atoms with Crippen LogP contribution in [0, 0.1) is 11.3 Å². The van der Waals surface area contributed by atoms with Crippen molar-refractivity contribution < 1.29 is 0 Å². The second-order valence-corrected chi connectivity index (χ2v) is 2.70. The van der Waals surface area contributed by atoms with E-state index in [4.69, 9.17) is 11.1 Å². The van der Waals surface area contributed by atoms with E-state index < -0.39 is 0 Å². The van der Waals surface area contributed by atoms with E-state index in [1.165, 1.54) is 12.8 Å². The fourth-order valence-electron chi connectivity index (χ4n) is 1.03. The zero-order valence-corrected chi connectivity index (χ0v) is 6.98. The van der Waals surface area contributed by atoms with Gasteiger partial charge in [-0.2, -0.15) is 0 Å². The number of amidine groups is 1. The Balaban J connectivity index is 3.50. The number of unbranched alkanes of at least 4 members (excludes halogenated alkanes) is 1. The van der Waals surface area contributed by atoms with E-state index in [2.05, 4.69) is 13.8 Å². The van der Waals surface area contributed by atoms with E-state index in [-0.39, 0.29) is 0 Å². The Hall–Kier alpha value is -0.530. The van der Waals surface area contributed by atoms with Crippen LogP contribution in [0.4, 0.5) is 0 Å².